The third-order valence-electron chi connectivity index (χ3n) is 3.72. The van der Waals surface area contributed by atoms with Crippen LogP contribution in [0.15, 0.2) is 30.3 Å². The standard InChI is InChI=1S/C14H19NO5/c1-17-14-11(16)10(15)12-9(19-14)7-18-13(20-12)8-5-3-2-4-6-8/h2-6,9-14,16H,7,15H2,1H3. The van der Waals surface area contributed by atoms with Gasteiger partial charge in [0, 0.05) is 12.7 Å². The Morgan fingerprint density at radius 1 is 1.25 bits per heavy atom. The molecule has 2 heterocycles. The number of nitrogens with two attached hydrogens (primary N) is 1. The minimum absolute atomic E-state index is 0.335. The van der Waals surface area contributed by atoms with Gasteiger partial charge in [-0.25, -0.2) is 0 Å². The number of fused-ring (bicyclic) bond motifs is 1. The topological polar surface area (TPSA) is 83.2 Å². The molecule has 2 saturated heterocycles. The Balaban J connectivity index is 1.74. The lowest BCUT2D eigenvalue weighted by Crippen LogP contribution is -2.65. The Labute approximate surface area is 117 Å². The van der Waals surface area contributed by atoms with Gasteiger partial charge in [0.05, 0.1) is 12.6 Å². The molecule has 2 fully saturated rings. The Kier molecular flexibility index (Phi) is 4.02. The highest BCUT2D eigenvalue weighted by Crippen LogP contribution is 2.33. The van der Waals surface area contributed by atoms with Crippen molar-refractivity contribution in [2.24, 2.45) is 5.73 Å². The molecular formula is C14H19NO5. The number of rotatable bonds is 2. The fourth-order valence-electron chi connectivity index (χ4n) is 2.61. The van der Waals surface area contributed by atoms with E-state index in [1.54, 1.807) is 0 Å². The Hall–Kier alpha value is -1.02. The van der Waals surface area contributed by atoms with Crippen molar-refractivity contribution in [1.29, 1.82) is 0 Å². The number of hydrogen-bond acceptors (Lipinski definition) is 6. The van der Waals surface area contributed by atoms with Crippen LogP contribution in [0, 0.1) is 0 Å². The van der Waals surface area contributed by atoms with Crippen LogP contribution in [0.5, 0.6) is 0 Å². The largest absolute Gasteiger partial charge is 0.386 e. The molecule has 0 radical (unpaired) electrons. The number of hydrogen-bond donors (Lipinski definition) is 2. The summed E-state index contributed by atoms with van der Waals surface area (Å²) in [6, 6.07) is 9.04. The molecule has 6 unspecified atom stereocenters. The van der Waals surface area contributed by atoms with Gasteiger partial charge >= 0.3 is 0 Å². The van der Waals surface area contributed by atoms with Crippen LogP contribution in [0.4, 0.5) is 0 Å². The van der Waals surface area contributed by atoms with E-state index in [-0.39, 0.29) is 6.10 Å². The smallest absolute Gasteiger partial charge is 0.185 e. The summed E-state index contributed by atoms with van der Waals surface area (Å²) in [5.41, 5.74) is 6.97. The summed E-state index contributed by atoms with van der Waals surface area (Å²) in [4.78, 5) is 0. The first-order valence-electron chi connectivity index (χ1n) is 6.64. The van der Waals surface area contributed by atoms with E-state index in [0.717, 1.165) is 5.56 Å². The molecule has 3 N–H and O–H groups in total. The van der Waals surface area contributed by atoms with E-state index < -0.39 is 30.8 Å². The summed E-state index contributed by atoms with van der Waals surface area (Å²) in [5.74, 6) is 0. The lowest BCUT2D eigenvalue weighted by molar-refractivity contribution is -0.338. The predicted molar refractivity (Wildman–Crippen MR) is 69.7 cm³/mol. The summed E-state index contributed by atoms with van der Waals surface area (Å²) < 4.78 is 22.2. The van der Waals surface area contributed by atoms with Crippen LogP contribution in [0.3, 0.4) is 0 Å². The zero-order valence-electron chi connectivity index (χ0n) is 11.2. The van der Waals surface area contributed by atoms with Crippen molar-refractivity contribution in [3.8, 4) is 0 Å². The van der Waals surface area contributed by atoms with E-state index in [0.29, 0.717) is 6.61 Å². The van der Waals surface area contributed by atoms with Crippen molar-refractivity contribution in [3.05, 3.63) is 35.9 Å². The highest BCUT2D eigenvalue weighted by Gasteiger charge is 2.48. The van der Waals surface area contributed by atoms with Gasteiger partial charge in [-0.3, -0.25) is 0 Å². The van der Waals surface area contributed by atoms with Crippen LogP contribution < -0.4 is 5.73 Å². The minimum atomic E-state index is -0.921. The second-order valence-corrected chi connectivity index (χ2v) is 5.02. The number of benzene rings is 1. The minimum Gasteiger partial charge on any atom is -0.386 e. The van der Waals surface area contributed by atoms with Crippen LogP contribution in [0.25, 0.3) is 0 Å². The molecule has 110 valence electrons. The van der Waals surface area contributed by atoms with Gasteiger partial charge in [-0.15, -0.1) is 0 Å². The highest BCUT2D eigenvalue weighted by molar-refractivity contribution is 5.16. The zero-order chi connectivity index (χ0) is 14.1. The Morgan fingerprint density at radius 3 is 2.70 bits per heavy atom. The lowest BCUT2D eigenvalue weighted by Gasteiger charge is -2.46. The van der Waals surface area contributed by atoms with Crippen molar-refractivity contribution < 1.29 is 24.1 Å². The molecule has 0 spiro atoms. The van der Waals surface area contributed by atoms with E-state index in [2.05, 4.69) is 0 Å². The quantitative estimate of drug-likeness (QED) is 0.803. The lowest BCUT2D eigenvalue weighted by atomic mass is 9.96. The van der Waals surface area contributed by atoms with Gasteiger partial charge in [0.15, 0.2) is 12.6 Å². The average molecular weight is 281 g/mol. The van der Waals surface area contributed by atoms with E-state index in [1.165, 1.54) is 7.11 Å². The number of aliphatic hydroxyl groups excluding tert-OH is 1. The Morgan fingerprint density at radius 2 is 2.00 bits per heavy atom. The molecule has 0 bridgehead atoms. The molecule has 6 heteroatoms. The van der Waals surface area contributed by atoms with Crippen LogP contribution in [0.2, 0.25) is 0 Å². The molecule has 1 aromatic carbocycles. The van der Waals surface area contributed by atoms with Crippen molar-refractivity contribution in [2.75, 3.05) is 13.7 Å². The van der Waals surface area contributed by atoms with E-state index in [4.69, 9.17) is 24.7 Å². The van der Waals surface area contributed by atoms with E-state index in [1.807, 2.05) is 30.3 Å². The molecule has 3 rings (SSSR count). The van der Waals surface area contributed by atoms with Crippen LogP contribution >= 0.6 is 0 Å². The molecule has 6 atom stereocenters. The first-order chi connectivity index (χ1) is 9.70. The molecule has 6 nitrogen and oxygen atoms in total. The van der Waals surface area contributed by atoms with Gasteiger partial charge in [-0.1, -0.05) is 30.3 Å². The third-order valence-corrected chi connectivity index (χ3v) is 3.72. The summed E-state index contributed by atoms with van der Waals surface area (Å²) in [5, 5.41) is 10.0. The van der Waals surface area contributed by atoms with Gasteiger partial charge in [0.2, 0.25) is 0 Å². The summed E-state index contributed by atoms with van der Waals surface area (Å²) in [6.07, 6.45) is -2.91. The van der Waals surface area contributed by atoms with Crippen molar-refractivity contribution >= 4 is 0 Å². The molecule has 0 aromatic heterocycles. The number of methoxy groups -OCH3 is 1. The van der Waals surface area contributed by atoms with Crippen LogP contribution in [0.1, 0.15) is 11.9 Å². The molecule has 0 saturated carbocycles. The molecule has 0 amide bonds. The SMILES string of the molecule is COC1OC2COC(c3ccccc3)OC2C(N)C1O. The second-order valence-electron chi connectivity index (χ2n) is 5.02. The normalized spacial score (nSPS) is 41.1. The van der Waals surface area contributed by atoms with Gasteiger partial charge in [-0.2, -0.15) is 0 Å². The van der Waals surface area contributed by atoms with Gasteiger partial charge in [0.25, 0.3) is 0 Å². The fourth-order valence-corrected chi connectivity index (χ4v) is 2.61. The zero-order valence-corrected chi connectivity index (χ0v) is 11.2. The maximum Gasteiger partial charge on any atom is 0.185 e. The van der Waals surface area contributed by atoms with Crippen molar-refractivity contribution in [3.63, 3.8) is 0 Å². The third kappa shape index (κ3) is 2.46. The van der Waals surface area contributed by atoms with Gasteiger partial charge < -0.3 is 29.8 Å². The van der Waals surface area contributed by atoms with E-state index >= 15 is 0 Å². The molecule has 1 aromatic rings. The first-order valence-corrected chi connectivity index (χ1v) is 6.64. The molecular weight excluding hydrogens is 262 g/mol. The van der Waals surface area contributed by atoms with Gasteiger partial charge in [-0.05, 0) is 0 Å². The monoisotopic (exact) mass is 281 g/mol. The maximum absolute atomic E-state index is 10.0. The van der Waals surface area contributed by atoms with Crippen molar-refractivity contribution in [1.82, 2.24) is 0 Å². The number of aliphatic hydroxyl groups is 1. The van der Waals surface area contributed by atoms with Crippen LogP contribution in [-0.2, 0) is 18.9 Å². The Bertz CT molecular complexity index is 440. The molecule has 2 aliphatic rings. The fraction of sp³-hybridized carbons (Fsp3) is 0.571. The highest BCUT2D eigenvalue weighted by atomic mass is 16.7. The first kappa shape index (κ1) is 13.9. The molecule has 2 aliphatic heterocycles. The predicted octanol–water partition coefficient (Wildman–Crippen LogP) is 0.160. The molecule has 0 aliphatic carbocycles. The molecule has 20 heavy (non-hydrogen) atoms. The average Bonchev–Trinajstić information content (AvgIpc) is 2.51. The summed E-state index contributed by atoms with van der Waals surface area (Å²) in [7, 11) is 1.47. The number of ether oxygens (including phenoxy) is 4. The van der Waals surface area contributed by atoms with Gasteiger partial charge in [0.1, 0.15) is 18.3 Å². The summed E-state index contributed by atoms with van der Waals surface area (Å²) >= 11 is 0. The second kappa shape index (κ2) is 5.77. The van der Waals surface area contributed by atoms with E-state index in [9.17, 15) is 5.11 Å². The maximum atomic E-state index is 10.0. The summed E-state index contributed by atoms with van der Waals surface area (Å²) in [6.45, 7) is 0.352. The van der Waals surface area contributed by atoms with Crippen LogP contribution in [-0.4, -0.2) is 49.5 Å². The van der Waals surface area contributed by atoms with Crippen molar-refractivity contribution in [2.45, 2.75) is 36.9 Å².